The van der Waals surface area contributed by atoms with Gasteiger partial charge in [-0.15, -0.1) is 0 Å². The highest BCUT2D eigenvalue weighted by Gasteiger charge is 2.15. The van der Waals surface area contributed by atoms with Gasteiger partial charge in [-0.3, -0.25) is 0 Å². The number of aliphatic hydroxyl groups excluding tert-OH is 1. The van der Waals surface area contributed by atoms with E-state index in [1.807, 2.05) is 48.7 Å². The Morgan fingerprint density at radius 1 is 0.949 bits per heavy atom. The lowest BCUT2D eigenvalue weighted by Crippen LogP contribution is -2.32. The first-order valence-electron chi connectivity index (χ1n) is 13.0. The van der Waals surface area contributed by atoms with Crippen LogP contribution in [0.3, 0.4) is 0 Å². The van der Waals surface area contributed by atoms with E-state index in [0.29, 0.717) is 25.0 Å². The van der Waals surface area contributed by atoms with Crippen LogP contribution in [-0.4, -0.2) is 37.4 Å². The van der Waals surface area contributed by atoms with Crippen LogP contribution >= 0.6 is 0 Å². The lowest BCUT2D eigenvalue weighted by molar-refractivity contribution is 0.170. The Kier molecular flexibility index (Phi) is 7.88. The molecule has 0 amide bonds. The van der Waals surface area contributed by atoms with E-state index >= 15 is 0 Å². The smallest absolute Gasteiger partial charge is 0.306 e. The van der Waals surface area contributed by atoms with Gasteiger partial charge in [0.1, 0.15) is 0 Å². The van der Waals surface area contributed by atoms with Crippen molar-refractivity contribution in [3.63, 3.8) is 0 Å². The molecule has 0 saturated carbocycles. The molecule has 0 radical (unpaired) electrons. The molecule has 0 unspecified atom stereocenters. The minimum Gasteiger partial charge on any atom is -0.387 e. The molecule has 0 spiro atoms. The molecule has 5 rings (SSSR count). The molecule has 0 aliphatic rings. The lowest BCUT2D eigenvalue weighted by Gasteiger charge is -2.18. The molecule has 7 nitrogen and oxygen atoms in total. The third-order valence-corrected chi connectivity index (χ3v) is 7.25. The van der Waals surface area contributed by atoms with Gasteiger partial charge in [0.25, 0.3) is 0 Å². The Bertz CT molecular complexity index is 1700. The lowest BCUT2D eigenvalue weighted by atomic mass is 10.0. The first-order chi connectivity index (χ1) is 18.7. The third-order valence-electron chi connectivity index (χ3n) is 6.77. The number of H-pyrrole nitrogens is 1. The standard InChI is InChI=1S/C31H33N3O4S/c1-21(15-26-19-34-31-28(26)11-6-12-30(31)38-39(2,36)37)32-20-29(35)25-9-5-10-27(17-25)33-18-22-13-14-23-7-3-4-8-24(23)16-22/h3-14,16-17,19,21,29,32-35H,15,18,20H2,1-2H3/t21-,29+/m1/s1. The van der Waals surface area contributed by atoms with Crippen molar-refractivity contribution in [3.05, 3.63) is 108 Å². The van der Waals surface area contributed by atoms with E-state index < -0.39 is 16.2 Å². The van der Waals surface area contributed by atoms with Gasteiger partial charge < -0.3 is 24.9 Å². The summed E-state index contributed by atoms with van der Waals surface area (Å²) in [6.45, 7) is 3.16. The van der Waals surface area contributed by atoms with Gasteiger partial charge in [-0.2, -0.15) is 8.42 Å². The van der Waals surface area contributed by atoms with Gasteiger partial charge in [-0.05, 0) is 65.1 Å². The molecule has 5 aromatic rings. The summed E-state index contributed by atoms with van der Waals surface area (Å²) in [6, 6.07) is 28.1. The number of aromatic nitrogens is 1. The molecule has 8 heteroatoms. The normalized spacial score (nSPS) is 13.4. The van der Waals surface area contributed by atoms with E-state index in [2.05, 4.69) is 52.9 Å². The summed E-state index contributed by atoms with van der Waals surface area (Å²) >= 11 is 0. The van der Waals surface area contributed by atoms with Crippen LogP contribution in [0.2, 0.25) is 0 Å². The first-order valence-corrected chi connectivity index (χ1v) is 14.8. The number of hydrogen-bond acceptors (Lipinski definition) is 6. The molecular formula is C31H33N3O4S. The molecule has 0 fully saturated rings. The number of aliphatic hydroxyl groups is 1. The second kappa shape index (κ2) is 11.5. The summed E-state index contributed by atoms with van der Waals surface area (Å²) in [4.78, 5) is 3.14. The molecule has 0 bridgehead atoms. The highest BCUT2D eigenvalue weighted by molar-refractivity contribution is 7.86. The minimum atomic E-state index is -3.62. The Hall–Kier alpha value is -3.85. The highest BCUT2D eigenvalue weighted by atomic mass is 32.2. The van der Waals surface area contributed by atoms with E-state index in [9.17, 15) is 13.5 Å². The van der Waals surface area contributed by atoms with E-state index in [1.165, 1.54) is 16.3 Å². The number of hydrogen-bond donors (Lipinski definition) is 4. The summed E-state index contributed by atoms with van der Waals surface area (Å²) in [5.74, 6) is 0.284. The summed E-state index contributed by atoms with van der Waals surface area (Å²) in [5, 5.41) is 21.1. The maximum atomic E-state index is 11.6. The number of fused-ring (bicyclic) bond motifs is 2. The van der Waals surface area contributed by atoms with Gasteiger partial charge in [0.2, 0.25) is 0 Å². The van der Waals surface area contributed by atoms with Crippen LogP contribution < -0.4 is 14.8 Å². The van der Waals surface area contributed by atoms with Gasteiger partial charge in [0.15, 0.2) is 5.75 Å². The SMILES string of the molecule is C[C@H](Cc1c[nH]c2c(OS(C)(=O)=O)cccc12)NC[C@H](O)c1cccc(NCc2ccc3ccccc3c2)c1. The second-order valence-corrected chi connectivity index (χ2v) is 11.5. The fourth-order valence-corrected chi connectivity index (χ4v) is 5.29. The van der Waals surface area contributed by atoms with Crippen molar-refractivity contribution in [3.8, 4) is 5.75 Å². The van der Waals surface area contributed by atoms with Crippen LogP contribution in [0, 0.1) is 0 Å². The molecule has 1 heterocycles. The molecule has 2 atom stereocenters. The van der Waals surface area contributed by atoms with E-state index in [-0.39, 0.29) is 11.8 Å². The number of para-hydroxylation sites is 1. The van der Waals surface area contributed by atoms with Crippen molar-refractivity contribution in [1.29, 1.82) is 0 Å². The van der Waals surface area contributed by atoms with Crippen LogP contribution in [0.15, 0.2) is 91.1 Å². The fraction of sp³-hybridized carbons (Fsp3) is 0.226. The predicted molar refractivity (Wildman–Crippen MR) is 158 cm³/mol. The highest BCUT2D eigenvalue weighted by Crippen LogP contribution is 2.29. The third kappa shape index (κ3) is 6.78. The number of aromatic amines is 1. The number of nitrogens with one attached hydrogen (secondary N) is 3. The van der Waals surface area contributed by atoms with Gasteiger partial charge >= 0.3 is 10.1 Å². The molecule has 39 heavy (non-hydrogen) atoms. The molecule has 0 saturated heterocycles. The molecule has 0 aliphatic heterocycles. The van der Waals surface area contributed by atoms with Gasteiger partial charge in [-0.1, -0.05) is 60.7 Å². The van der Waals surface area contributed by atoms with Crippen molar-refractivity contribution in [2.24, 2.45) is 0 Å². The summed E-state index contributed by atoms with van der Waals surface area (Å²) in [6.07, 6.45) is 2.94. The van der Waals surface area contributed by atoms with Crippen LogP contribution in [0.1, 0.15) is 29.7 Å². The first kappa shape index (κ1) is 26.7. The Morgan fingerprint density at radius 3 is 2.56 bits per heavy atom. The fourth-order valence-electron chi connectivity index (χ4n) is 4.83. The van der Waals surface area contributed by atoms with Gasteiger partial charge in [0.05, 0.1) is 17.9 Å². The molecule has 202 valence electrons. The van der Waals surface area contributed by atoms with Gasteiger partial charge in [0, 0.05) is 36.4 Å². The van der Waals surface area contributed by atoms with Crippen molar-refractivity contribution in [2.75, 3.05) is 18.1 Å². The Balaban J connectivity index is 1.17. The van der Waals surface area contributed by atoms with E-state index in [1.54, 1.807) is 12.1 Å². The number of rotatable bonds is 11. The van der Waals surface area contributed by atoms with Crippen molar-refractivity contribution in [1.82, 2.24) is 10.3 Å². The maximum Gasteiger partial charge on any atom is 0.306 e. The summed E-state index contributed by atoms with van der Waals surface area (Å²) in [5.41, 5.74) is 4.69. The average molecular weight is 544 g/mol. The predicted octanol–water partition coefficient (Wildman–Crippen LogP) is 5.53. The zero-order valence-electron chi connectivity index (χ0n) is 22.0. The van der Waals surface area contributed by atoms with Crippen LogP contribution in [0.5, 0.6) is 5.75 Å². The molecule has 4 N–H and O–H groups in total. The number of anilines is 1. The topological polar surface area (TPSA) is 103 Å². The largest absolute Gasteiger partial charge is 0.387 e. The van der Waals surface area contributed by atoms with Crippen molar-refractivity contribution >= 4 is 37.5 Å². The summed E-state index contributed by atoms with van der Waals surface area (Å²) < 4.78 is 28.3. The average Bonchev–Trinajstić information content (AvgIpc) is 3.33. The molecule has 1 aromatic heterocycles. The zero-order valence-corrected chi connectivity index (χ0v) is 22.8. The molecular weight excluding hydrogens is 510 g/mol. The monoisotopic (exact) mass is 543 g/mol. The van der Waals surface area contributed by atoms with Crippen LogP contribution in [0.25, 0.3) is 21.7 Å². The second-order valence-electron chi connectivity index (χ2n) is 9.97. The zero-order chi connectivity index (χ0) is 27.4. The number of benzene rings is 4. The van der Waals surface area contributed by atoms with Crippen LogP contribution in [0.4, 0.5) is 5.69 Å². The Morgan fingerprint density at radius 2 is 1.74 bits per heavy atom. The van der Waals surface area contributed by atoms with E-state index in [0.717, 1.165) is 28.5 Å². The minimum absolute atomic E-state index is 0.0762. The Labute approximate surface area is 229 Å². The maximum absolute atomic E-state index is 11.6. The quantitative estimate of drug-likeness (QED) is 0.164. The van der Waals surface area contributed by atoms with E-state index in [4.69, 9.17) is 4.18 Å². The van der Waals surface area contributed by atoms with Crippen LogP contribution in [-0.2, 0) is 23.1 Å². The summed E-state index contributed by atoms with van der Waals surface area (Å²) in [7, 11) is -3.62. The van der Waals surface area contributed by atoms with Gasteiger partial charge in [-0.25, -0.2) is 0 Å². The molecule has 4 aromatic carbocycles. The molecule has 0 aliphatic carbocycles. The van der Waals surface area contributed by atoms with Crippen molar-refractivity contribution < 1.29 is 17.7 Å². The van der Waals surface area contributed by atoms with Crippen molar-refractivity contribution in [2.45, 2.75) is 32.0 Å².